The molecule has 0 bridgehead atoms. The Hall–Kier alpha value is -2.20. The number of nitrogens with zero attached hydrogens (tertiary/aromatic N) is 1. The van der Waals surface area contributed by atoms with Gasteiger partial charge >= 0.3 is 0 Å². The Labute approximate surface area is 129 Å². The molecule has 0 saturated carbocycles. The van der Waals surface area contributed by atoms with Crippen LogP contribution in [0, 0.1) is 6.92 Å². The first-order valence-corrected chi connectivity index (χ1v) is 6.83. The van der Waals surface area contributed by atoms with Gasteiger partial charge < -0.3 is 15.3 Å². The molecule has 0 atom stereocenters. The highest BCUT2D eigenvalue weighted by atomic mass is 35.5. The van der Waals surface area contributed by atoms with Crippen molar-refractivity contribution in [1.29, 1.82) is 0 Å². The van der Waals surface area contributed by atoms with Crippen LogP contribution in [0.2, 0.25) is 5.02 Å². The first-order valence-electron chi connectivity index (χ1n) is 6.45. The molecule has 0 radical (unpaired) electrons. The number of ether oxygens (including phenoxy) is 1. The lowest BCUT2D eigenvalue weighted by Crippen LogP contribution is -2.13. The summed E-state index contributed by atoms with van der Waals surface area (Å²) in [5, 5.41) is 4.52. The summed E-state index contributed by atoms with van der Waals surface area (Å²) in [6.45, 7) is 2.29. The van der Waals surface area contributed by atoms with Gasteiger partial charge in [-0.1, -0.05) is 40.5 Å². The number of rotatable bonds is 5. The molecule has 0 aliphatic heterocycles. The predicted molar refractivity (Wildman–Crippen MR) is 84.7 cm³/mol. The number of hydrogen-bond acceptors (Lipinski definition) is 3. The maximum atomic E-state index is 5.91. The largest absolute Gasteiger partial charge is 0.496 e. The Kier molecular flexibility index (Phi) is 5.06. The third-order valence-corrected chi connectivity index (χ3v) is 3.17. The lowest BCUT2D eigenvalue weighted by atomic mass is 10.1. The monoisotopic (exact) mass is 304 g/mol. The number of hydrogen-bond donors (Lipinski definition) is 1. The van der Waals surface area contributed by atoms with E-state index in [9.17, 15) is 0 Å². The van der Waals surface area contributed by atoms with Gasteiger partial charge in [0.05, 0.1) is 7.11 Å². The molecule has 2 aromatic rings. The maximum absolute atomic E-state index is 5.91. The van der Waals surface area contributed by atoms with Gasteiger partial charge in [-0.15, -0.1) is 0 Å². The van der Waals surface area contributed by atoms with E-state index in [0.717, 1.165) is 22.4 Å². The highest BCUT2D eigenvalue weighted by Crippen LogP contribution is 2.20. The number of halogens is 1. The molecule has 0 saturated heterocycles. The number of aryl methyl sites for hydroxylation is 1. The number of benzene rings is 2. The molecular formula is C16H17ClN2O2. The Balaban J connectivity index is 2.06. The highest BCUT2D eigenvalue weighted by molar-refractivity contribution is 6.31. The van der Waals surface area contributed by atoms with E-state index in [1.54, 1.807) is 19.2 Å². The molecule has 21 heavy (non-hydrogen) atoms. The molecule has 0 fully saturated rings. The van der Waals surface area contributed by atoms with Crippen molar-refractivity contribution < 1.29 is 9.57 Å². The minimum absolute atomic E-state index is 0.282. The van der Waals surface area contributed by atoms with Crippen LogP contribution in [-0.4, -0.2) is 12.9 Å². The van der Waals surface area contributed by atoms with Crippen LogP contribution in [0.3, 0.4) is 0 Å². The molecule has 0 unspecified atom stereocenters. The number of oxime groups is 1. The van der Waals surface area contributed by atoms with E-state index in [2.05, 4.69) is 5.16 Å². The topological polar surface area (TPSA) is 56.8 Å². The van der Waals surface area contributed by atoms with E-state index in [1.807, 2.05) is 37.3 Å². The molecule has 2 N–H and O–H groups in total. The molecule has 0 spiro atoms. The van der Waals surface area contributed by atoms with Gasteiger partial charge in [0.1, 0.15) is 12.4 Å². The first kappa shape index (κ1) is 15.2. The molecule has 0 heterocycles. The molecule has 0 aliphatic carbocycles. The Morgan fingerprint density at radius 1 is 1.24 bits per heavy atom. The Morgan fingerprint density at radius 3 is 2.76 bits per heavy atom. The second kappa shape index (κ2) is 6.99. The average Bonchev–Trinajstić information content (AvgIpc) is 2.47. The van der Waals surface area contributed by atoms with Gasteiger partial charge in [-0.25, -0.2) is 0 Å². The van der Waals surface area contributed by atoms with E-state index >= 15 is 0 Å². The van der Waals surface area contributed by atoms with Gasteiger partial charge in [0.2, 0.25) is 0 Å². The summed E-state index contributed by atoms with van der Waals surface area (Å²) in [4.78, 5) is 5.31. The summed E-state index contributed by atoms with van der Waals surface area (Å²) in [7, 11) is 1.62. The summed E-state index contributed by atoms with van der Waals surface area (Å²) in [6.07, 6.45) is 0. The van der Waals surface area contributed by atoms with Crippen molar-refractivity contribution in [3.05, 3.63) is 64.2 Å². The van der Waals surface area contributed by atoms with Crippen molar-refractivity contribution in [3.8, 4) is 5.75 Å². The summed E-state index contributed by atoms with van der Waals surface area (Å²) >= 11 is 5.91. The summed E-state index contributed by atoms with van der Waals surface area (Å²) in [6, 6.07) is 13.0. The van der Waals surface area contributed by atoms with E-state index in [1.165, 1.54) is 0 Å². The van der Waals surface area contributed by atoms with Gasteiger partial charge in [-0.05, 0) is 31.2 Å². The van der Waals surface area contributed by atoms with Gasteiger partial charge in [0, 0.05) is 16.1 Å². The number of amidine groups is 1. The maximum Gasteiger partial charge on any atom is 0.170 e. The summed E-state index contributed by atoms with van der Waals surface area (Å²) in [5.74, 6) is 1.04. The molecule has 0 amide bonds. The van der Waals surface area contributed by atoms with Crippen LogP contribution in [0.25, 0.3) is 0 Å². The second-order valence-corrected chi connectivity index (χ2v) is 5.01. The average molecular weight is 305 g/mol. The van der Waals surface area contributed by atoms with Crippen molar-refractivity contribution in [3.63, 3.8) is 0 Å². The van der Waals surface area contributed by atoms with Crippen LogP contribution in [0.1, 0.15) is 16.7 Å². The van der Waals surface area contributed by atoms with Crippen LogP contribution in [-0.2, 0) is 11.4 Å². The van der Waals surface area contributed by atoms with Gasteiger partial charge in [0.15, 0.2) is 5.84 Å². The van der Waals surface area contributed by atoms with Gasteiger partial charge in [0.25, 0.3) is 0 Å². The van der Waals surface area contributed by atoms with Gasteiger partial charge in [-0.2, -0.15) is 0 Å². The first-order chi connectivity index (χ1) is 10.1. The van der Waals surface area contributed by atoms with E-state index < -0.39 is 0 Å². The fourth-order valence-electron chi connectivity index (χ4n) is 1.89. The second-order valence-electron chi connectivity index (χ2n) is 4.58. The molecule has 2 aromatic carbocycles. The third kappa shape index (κ3) is 4.13. The molecule has 5 heteroatoms. The van der Waals surface area contributed by atoms with Crippen LogP contribution in [0.5, 0.6) is 5.75 Å². The fraction of sp³-hybridized carbons (Fsp3) is 0.188. The minimum atomic E-state index is 0.282. The number of methoxy groups -OCH3 is 1. The van der Waals surface area contributed by atoms with Crippen LogP contribution < -0.4 is 10.5 Å². The molecule has 0 aromatic heterocycles. The zero-order valence-electron chi connectivity index (χ0n) is 12.0. The van der Waals surface area contributed by atoms with E-state index in [-0.39, 0.29) is 12.4 Å². The molecular weight excluding hydrogens is 288 g/mol. The SMILES string of the molecule is COc1ccc(C)cc1CO/N=C(/N)c1cccc(Cl)c1. The summed E-state index contributed by atoms with van der Waals surface area (Å²) in [5.41, 5.74) is 8.63. The quantitative estimate of drug-likeness (QED) is 0.522. The van der Waals surface area contributed by atoms with Crippen LogP contribution >= 0.6 is 11.6 Å². The lowest BCUT2D eigenvalue weighted by Gasteiger charge is -2.08. The zero-order chi connectivity index (χ0) is 15.2. The van der Waals surface area contributed by atoms with Crippen molar-refractivity contribution in [1.82, 2.24) is 0 Å². The molecule has 2 rings (SSSR count). The molecule has 4 nitrogen and oxygen atoms in total. The predicted octanol–water partition coefficient (Wildman–Crippen LogP) is 3.49. The van der Waals surface area contributed by atoms with Crippen LogP contribution in [0.15, 0.2) is 47.6 Å². The zero-order valence-corrected chi connectivity index (χ0v) is 12.7. The smallest absolute Gasteiger partial charge is 0.170 e. The van der Waals surface area contributed by atoms with Gasteiger partial charge in [-0.3, -0.25) is 0 Å². The normalized spacial score (nSPS) is 11.3. The standard InChI is InChI=1S/C16H17ClN2O2/c1-11-6-7-15(20-2)13(8-11)10-21-19-16(18)12-4-3-5-14(17)9-12/h3-9H,10H2,1-2H3,(H2,18,19). The van der Waals surface area contributed by atoms with Crippen LogP contribution in [0.4, 0.5) is 0 Å². The van der Waals surface area contributed by atoms with E-state index in [4.69, 9.17) is 26.9 Å². The Bertz CT molecular complexity index is 656. The van der Waals surface area contributed by atoms with Crippen molar-refractivity contribution in [2.75, 3.05) is 7.11 Å². The van der Waals surface area contributed by atoms with Crippen molar-refractivity contribution in [2.24, 2.45) is 10.9 Å². The Morgan fingerprint density at radius 2 is 2.05 bits per heavy atom. The van der Waals surface area contributed by atoms with Crippen molar-refractivity contribution in [2.45, 2.75) is 13.5 Å². The van der Waals surface area contributed by atoms with Crippen molar-refractivity contribution >= 4 is 17.4 Å². The molecule has 0 aliphatic rings. The minimum Gasteiger partial charge on any atom is -0.496 e. The molecule has 110 valence electrons. The third-order valence-electron chi connectivity index (χ3n) is 2.94. The summed E-state index contributed by atoms with van der Waals surface area (Å²) < 4.78 is 5.28. The fourth-order valence-corrected chi connectivity index (χ4v) is 2.08. The lowest BCUT2D eigenvalue weighted by molar-refractivity contribution is 0.128. The highest BCUT2D eigenvalue weighted by Gasteiger charge is 2.04. The van der Waals surface area contributed by atoms with E-state index in [0.29, 0.717) is 5.02 Å². The number of nitrogens with two attached hydrogens (primary N) is 1.